The number of fused-ring (bicyclic) bond motifs is 3. The van der Waals surface area contributed by atoms with Crippen LogP contribution in [0.1, 0.15) is 25.7 Å². The summed E-state index contributed by atoms with van der Waals surface area (Å²) in [7, 11) is 0. The fraction of sp³-hybridized carbons (Fsp3) is 0.450. The molecule has 3 heterocycles. The van der Waals surface area contributed by atoms with Crippen molar-refractivity contribution in [1.82, 2.24) is 9.88 Å². The van der Waals surface area contributed by atoms with Crippen LogP contribution in [0.3, 0.4) is 0 Å². The molecule has 2 aliphatic heterocycles. The normalized spacial score (nSPS) is 23.8. The lowest BCUT2D eigenvalue weighted by molar-refractivity contribution is 0.135. The van der Waals surface area contributed by atoms with Gasteiger partial charge in [-0.05, 0) is 43.5 Å². The standard InChI is InChI=1S/C20H24N4/c1-2-10-21-17(6-1)15-7-8-19-18(14-15)22-20-9-11-23(12-13-24(19)20)16-4-3-5-16/h1-2,6-8,10,14,16,20,22H,3-5,9,11-13H2. The fourth-order valence-electron chi connectivity index (χ4n) is 4.28. The summed E-state index contributed by atoms with van der Waals surface area (Å²) >= 11 is 0. The molecule has 5 rings (SSSR count). The van der Waals surface area contributed by atoms with Gasteiger partial charge < -0.3 is 10.2 Å². The quantitative estimate of drug-likeness (QED) is 0.917. The number of hydrogen-bond donors (Lipinski definition) is 1. The minimum absolute atomic E-state index is 0.448. The first kappa shape index (κ1) is 14.3. The molecule has 124 valence electrons. The van der Waals surface area contributed by atoms with Gasteiger partial charge in [-0.3, -0.25) is 9.88 Å². The molecule has 1 unspecified atom stereocenters. The van der Waals surface area contributed by atoms with Gasteiger partial charge in [0.05, 0.1) is 17.1 Å². The summed E-state index contributed by atoms with van der Waals surface area (Å²) in [6.07, 6.45) is 7.74. The van der Waals surface area contributed by atoms with Gasteiger partial charge in [0.25, 0.3) is 0 Å². The average Bonchev–Trinajstić information content (AvgIpc) is 2.81. The smallest absolute Gasteiger partial charge is 0.100 e. The van der Waals surface area contributed by atoms with E-state index >= 15 is 0 Å². The van der Waals surface area contributed by atoms with Crippen LogP contribution in [0.5, 0.6) is 0 Å². The minimum Gasteiger partial charge on any atom is -0.363 e. The lowest BCUT2D eigenvalue weighted by atomic mass is 9.91. The monoisotopic (exact) mass is 320 g/mol. The summed E-state index contributed by atoms with van der Waals surface area (Å²) in [5, 5.41) is 3.75. The first-order valence-electron chi connectivity index (χ1n) is 9.21. The minimum atomic E-state index is 0.448. The van der Waals surface area contributed by atoms with Crippen LogP contribution in [0.2, 0.25) is 0 Å². The van der Waals surface area contributed by atoms with Gasteiger partial charge in [-0.15, -0.1) is 0 Å². The maximum atomic E-state index is 4.48. The van der Waals surface area contributed by atoms with Crippen LogP contribution in [0.15, 0.2) is 42.6 Å². The third-order valence-electron chi connectivity index (χ3n) is 5.87. The van der Waals surface area contributed by atoms with Gasteiger partial charge >= 0.3 is 0 Å². The highest BCUT2D eigenvalue weighted by Crippen LogP contribution is 2.39. The van der Waals surface area contributed by atoms with E-state index < -0.39 is 0 Å². The molecule has 0 radical (unpaired) electrons. The Hall–Kier alpha value is -2.07. The van der Waals surface area contributed by atoms with E-state index in [1.807, 2.05) is 18.3 Å². The zero-order valence-corrected chi connectivity index (χ0v) is 14.0. The lowest BCUT2D eigenvalue weighted by Crippen LogP contribution is -2.42. The van der Waals surface area contributed by atoms with E-state index in [-0.39, 0.29) is 0 Å². The summed E-state index contributed by atoms with van der Waals surface area (Å²) in [6, 6.07) is 13.7. The highest BCUT2D eigenvalue weighted by molar-refractivity contribution is 5.81. The van der Waals surface area contributed by atoms with Gasteiger partial charge in [0.1, 0.15) is 6.17 Å². The van der Waals surface area contributed by atoms with Gasteiger partial charge in [0, 0.05) is 37.4 Å². The van der Waals surface area contributed by atoms with Gasteiger partial charge in [0.2, 0.25) is 0 Å². The van der Waals surface area contributed by atoms with Crippen LogP contribution in [-0.2, 0) is 0 Å². The number of pyridine rings is 1. The highest BCUT2D eigenvalue weighted by Gasteiger charge is 2.34. The summed E-state index contributed by atoms with van der Waals surface area (Å²) in [4.78, 5) is 9.76. The van der Waals surface area contributed by atoms with E-state index in [1.165, 1.54) is 55.7 Å². The Morgan fingerprint density at radius 3 is 2.75 bits per heavy atom. The molecular weight excluding hydrogens is 296 g/mol. The van der Waals surface area contributed by atoms with Crippen molar-refractivity contribution in [2.24, 2.45) is 0 Å². The Balaban J connectivity index is 1.38. The molecule has 1 saturated heterocycles. The Morgan fingerprint density at radius 1 is 1.00 bits per heavy atom. The predicted octanol–water partition coefficient (Wildman–Crippen LogP) is 3.56. The summed E-state index contributed by atoms with van der Waals surface area (Å²) < 4.78 is 0. The van der Waals surface area contributed by atoms with E-state index in [1.54, 1.807) is 0 Å². The van der Waals surface area contributed by atoms with Crippen molar-refractivity contribution in [2.45, 2.75) is 37.9 Å². The van der Waals surface area contributed by atoms with E-state index in [2.05, 4.69) is 44.4 Å². The maximum absolute atomic E-state index is 4.48. The molecule has 0 spiro atoms. The lowest BCUT2D eigenvalue weighted by Gasteiger charge is -2.36. The Labute approximate surface area is 143 Å². The summed E-state index contributed by atoms with van der Waals surface area (Å²) in [6.45, 7) is 3.55. The molecule has 1 atom stereocenters. The first-order valence-corrected chi connectivity index (χ1v) is 9.21. The van der Waals surface area contributed by atoms with Crippen molar-refractivity contribution in [1.29, 1.82) is 0 Å². The van der Waals surface area contributed by atoms with Gasteiger partial charge in [-0.25, -0.2) is 0 Å². The average molecular weight is 320 g/mol. The second-order valence-electron chi connectivity index (χ2n) is 7.21. The van der Waals surface area contributed by atoms with Gasteiger partial charge in [-0.2, -0.15) is 0 Å². The molecule has 0 amide bonds. The van der Waals surface area contributed by atoms with E-state index in [0.29, 0.717) is 6.17 Å². The third kappa shape index (κ3) is 2.37. The van der Waals surface area contributed by atoms with Crippen LogP contribution in [0, 0.1) is 0 Å². The number of anilines is 2. The highest BCUT2D eigenvalue weighted by atomic mass is 15.4. The zero-order valence-electron chi connectivity index (χ0n) is 14.0. The molecular formula is C20H24N4. The van der Waals surface area contributed by atoms with Crippen molar-refractivity contribution < 1.29 is 0 Å². The first-order chi connectivity index (χ1) is 11.9. The fourth-order valence-corrected chi connectivity index (χ4v) is 4.28. The maximum Gasteiger partial charge on any atom is 0.100 e. The largest absolute Gasteiger partial charge is 0.363 e. The topological polar surface area (TPSA) is 31.4 Å². The van der Waals surface area contributed by atoms with Crippen LogP contribution in [-0.4, -0.2) is 41.7 Å². The van der Waals surface area contributed by atoms with E-state index in [4.69, 9.17) is 0 Å². The summed E-state index contributed by atoms with van der Waals surface area (Å²) in [5.74, 6) is 0. The SMILES string of the molecule is c1ccc(-c2ccc3c(c2)NC2CCN(C4CCC4)CCN32)nc1. The van der Waals surface area contributed by atoms with Crippen LogP contribution in [0.25, 0.3) is 11.3 Å². The van der Waals surface area contributed by atoms with Crippen molar-refractivity contribution in [3.8, 4) is 11.3 Å². The van der Waals surface area contributed by atoms with Gasteiger partial charge in [-0.1, -0.05) is 18.6 Å². The van der Waals surface area contributed by atoms with E-state index in [9.17, 15) is 0 Å². The molecule has 24 heavy (non-hydrogen) atoms. The van der Waals surface area contributed by atoms with Crippen molar-refractivity contribution >= 4 is 11.4 Å². The Morgan fingerprint density at radius 2 is 1.96 bits per heavy atom. The van der Waals surface area contributed by atoms with Crippen LogP contribution >= 0.6 is 0 Å². The number of benzene rings is 1. The second-order valence-corrected chi connectivity index (χ2v) is 7.21. The Kier molecular flexibility index (Phi) is 3.44. The zero-order chi connectivity index (χ0) is 15.9. The molecule has 1 aromatic carbocycles. The molecule has 3 aliphatic rings. The molecule has 2 aromatic rings. The predicted molar refractivity (Wildman–Crippen MR) is 98.3 cm³/mol. The van der Waals surface area contributed by atoms with Crippen molar-refractivity contribution in [2.75, 3.05) is 29.9 Å². The third-order valence-corrected chi connectivity index (χ3v) is 5.87. The number of nitrogens with one attached hydrogen (secondary N) is 1. The number of aromatic nitrogens is 1. The molecule has 4 heteroatoms. The molecule has 2 fully saturated rings. The van der Waals surface area contributed by atoms with Gasteiger partial charge in [0.15, 0.2) is 0 Å². The molecule has 0 bridgehead atoms. The van der Waals surface area contributed by atoms with Crippen molar-refractivity contribution in [3.05, 3.63) is 42.6 Å². The van der Waals surface area contributed by atoms with Crippen molar-refractivity contribution in [3.63, 3.8) is 0 Å². The Bertz CT molecular complexity index is 726. The number of hydrogen-bond acceptors (Lipinski definition) is 4. The summed E-state index contributed by atoms with van der Waals surface area (Å²) in [5.41, 5.74) is 4.85. The number of rotatable bonds is 2. The van der Waals surface area contributed by atoms with Crippen LogP contribution < -0.4 is 10.2 Å². The molecule has 1 saturated carbocycles. The van der Waals surface area contributed by atoms with E-state index in [0.717, 1.165) is 18.3 Å². The molecule has 4 nitrogen and oxygen atoms in total. The number of nitrogens with zero attached hydrogens (tertiary/aromatic N) is 3. The van der Waals surface area contributed by atoms with Crippen LogP contribution in [0.4, 0.5) is 11.4 Å². The molecule has 1 N–H and O–H groups in total. The molecule has 1 aliphatic carbocycles. The second kappa shape index (κ2) is 5.78. The molecule has 1 aromatic heterocycles.